The van der Waals surface area contributed by atoms with Crippen LogP contribution in [0, 0.1) is 5.82 Å². The number of hydrogen-bond donors (Lipinski definition) is 1. The van der Waals surface area contributed by atoms with Gasteiger partial charge in [0.15, 0.2) is 0 Å². The molecule has 210 valence electrons. The van der Waals surface area contributed by atoms with Crippen molar-refractivity contribution in [2.24, 2.45) is 0 Å². The molecule has 8 rings (SSSR count). The number of nitrogens with one attached hydrogen (secondary N) is 1. The normalized spacial score (nSPS) is 25.4. The first-order valence-electron chi connectivity index (χ1n) is 15.0. The molecule has 4 saturated heterocycles. The standard InChI is InChI=1S/C31H36ClFN6O/c32-28-24(33)9-6-20-4-1-5-26(27(20)28)37-15-10-23-25(18-37)35-30(40-19-31-11-2-13-39(31)14-3-12-31)36-29(23)38-16-21-7-8-22(17-38)34-21/h1,4-6,9,21-22,34H,2-3,7-8,10-19H2. The predicted molar refractivity (Wildman–Crippen MR) is 156 cm³/mol. The van der Waals surface area contributed by atoms with Gasteiger partial charge in [0.1, 0.15) is 18.2 Å². The molecule has 2 bridgehead atoms. The molecule has 3 aromatic rings. The molecule has 40 heavy (non-hydrogen) atoms. The largest absolute Gasteiger partial charge is 0.461 e. The van der Waals surface area contributed by atoms with Gasteiger partial charge in [-0.2, -0.15) is 9.97 Å². The first-order chi connectivity index (χ1) is 19.6. The quantitative estimate of drug-likeness (QED) is 0.473. The fourth-order valence-corrected chi connectivity index (χ4v) is 8.37. The number of hydrogen-bond acceptors (Lipinski definition) is 7. The highest BCUT2D eigenvalue weighted by atomic mass is 35.5. The van der Waals surface area contributed by atoms with Gasteiger partial charge >= 0.3 is 6.01 Å². The molecule has 2 aromatic carbocycles. The maximum atomic E-state index is 14.5. The van der Waals surface area contributed by atoms with Gasteiger partial charge in [-0.3, -0.25) is 4.90 Å². The minimum atomic E-state index is -0.389. The molecule has 2 atom stereocenters. The summed E-state index contributed by atoms with van der Waals surface area (Å²) in [5.74, 6) is 0.659. The Labute approximate surface area is 239 Å². The van der Waals surface area contributed by atoms with Crippen molar-refractivity contribution in [3.8, 4) is 6.01 Å². The van der Waals surface area contributed by atoms with E-state index in [-0.39, 0.29) is 16.4 Å². The molecule has 6 heterocycles. The second kappa shape index (κ2) is 9.71. The number of ether oxygens (including phenoxy) is 1. The Kier molecular flexibility index (Phi) is 6.08. The van der Waals surface area contributed by atoms with Gasteiger partial charge < -0.3 is 19.9 Å². The van der Waals surface area contributed by atoms with Crippen molar-refractivity contribution in [1.82, 2.24) is 20.2 Å². The number of piperazine rings is 1. The van der Waals surface area contributed by atoms with E-state index < -0.39 is 0 Å². The molecule has 0 saturated carbocycles. The Balaban J connectivity index is 1.15. The first kappa shape index (κ1) is 25.1. The third-order valence-corrected chi connectivity index (χ3v) is 10.4. The van der Waals surface area contributed by atoms with Crippen molar-refractivity contribution < 1.29 is 9.13 Å². The van der Waals surface area contributed by atoms with Crippen molar-refractivity contribution >= 4 is 33.9 Å². The average Bonchev–Trinajstić information content (AvgIpc) is 3.66. The summed E-state index contributed by atoms with van der Waals surface area (Å²) >= 11 is 6.52. The highest BCUT2D eigenvalue weighted by molar-refractivity contribution is 6.36. The van der Waals surface area contributed by atoms with E-state index in [1.165, 1.54) is 63.2 Å². The van der Waals surface area contributed by atoms with Crippen LogP contribution in [0.15, 0.2) is 30.3 Å². The summed E-state index contributed by atoms with van der Waals surface area (Å²) in [6.45, 7) is 6.35. The van der Waals surface area contributed by atoms with E-state index in [0.717, 1.165) is 54.0 Å². The van der Waals surface area contributed by atoms with Crippen LogP contribution in [-0.4, -0.2) is 71.8 Å². The van der Waals surface area contributed by atoms with Crippen molar-refractivity contribution in [3.63, 3.8) is 0 Å². The highest BCUT2D eigenvalue weighted by Crippen LogP contribution is 2.41. The second-order valence-electron chi connectivity index (χ2n) is 12.4. The van der Waals surface area contributed by atoms with Crippen LogP contribution in [0.3, 0.4) is 0 Å². The minimum absolute atomic E-state index is 0.142. The van der Waals surface area contributed by atoms with Crippen LogP contribution >= 0.6 is 11.6 Å². The maximum absolute atomic E-state index is 14.5. The van der Waals surface area contributed by atoms with Gasteiger partial charge in [-0.25, -0.2) is 4.39 Å². The van der Waals surface area contributed by atoms with Crippen molar-refractivity contribution in [1.29, 1.82) is 0 Å². The Morgan fingerprint density at radius 2 is 1.80 bits per heavy atom. The zero-order valence-corrected chi connectivity index (χ0v) is 23.6. The molecule has 5 aliphatic rings. The van der Waals surface area contributed by atoms with Crippen LogP contribution in [0.1, 0.15) is 49.8 Å². The molecule has 4 fully saturated rings. The van der Waals surface area contributed by atoms with E-state index in [1.54, 1.807) is 6.07 Å². The lowest BCUT2D eigenvalue weighted by Gasteiger charge is -2.38. The average molecular weight is 563 g/mol. The van der Waals surface area contributed by atoms with E-state index in [4.69, 9.17) is 26.3 Å². The minimum Gasteiger partial charge on any atom is -0.461 e. The molecule has 0 spiro atoms. The molecule has 9 heteroatoms. The third-order valence-electron chi connectivity index (χ3n) is 10.1. The lowest BCUT2D eigenvalue weighted by atomic mass is 9.95. The lowest BCUT2D eigenvalue weighted by molar-refractivity contribution is 0.107. The van der Waals surface area contributed by atoms with Gasteiger partial charge in [0.2, 0.25) is 0 Å². The van der Waals surface area contributed by atoms with Crippen LogP contribution in [-0.2, 0) is 13.0 Å². The number of benzene rings is 2. The fraction of sp³-hybridized carbons (Fsp3) is 0.548. The molecule has 0 aliphatic carbocycles. The molecular weight excluding hydrogens is 527 g/mol. The van der Waals surface area contributed by atoms with Crippen LogP contribution in [0.25, 0.3) is 10.8 Å². The van der Waals surface area contributed by atoms with Gasteiger partial charge in [0.05, 0.1) is 22.8 Å². The molecule has 5 aliphatic heterocycles. The summed E-state index contributed by atoms with van der Waals surface area (Å²) in [6, 6.07) is 10.8. The van der Waals surface area contributed by atoms with E-state index in [0.29, 0.717) is 31.2 Å². The summed E-state index contributed by atoms with van der Waals surface area (Å²) < 4.78 is 21.0. The van der Waals surface area contributed by atoms with Crippen LogP contribution in [0.2, 0.25) is 5.02 Å². The maximum Gasteiger partial charge on any atom is 0.318 e. The number of rotatable bonds is 5. The molecule has 0 radical (unpaired) electrons. The van der Waals surface area contributed by atoms with E-state index in [2.05, 4.69) is 20.0 Å². The zero-order chi connectivity index (χ0) is 26.8. The van der Waals surface area contributed by atoms with Crippen LogP contribution in [0.4, 0.5) is 15.9 Å². The predicted octanol–water partition coefficient (Wildman–Crippen LogP) is 4.93. The Hall–Kier alpha value is -2.68. The first-order valence-corrected chi connectivity index (χ1v) is 15.3. The van der Waals surface area contributed by atoms with E-state index >= 15 is 0 Å². The van der Waals surface area contributed by atoms with Crippen LogP contribution < -0.4 is 19.9 Å². The zero-order valence-electron chi connectivity index (χ0n) is 22.8. The summed E-state index contributed by atoms with van der Waals surface area (Å²) in [7, 11) is 0. The molecule has 2 unspecified atom stereocenters. The van der Waals surface area contributed by atoms with Gasteiger partial charge in [-0.1, -0.05) is 29.8 Å². The van der Waals surface area contributed by atoms with Crippen molar-refractivity contribution in [2.45, 2.75) is 69.1 Å². The third kappa shape index (κ3) is 4.13. The molecule has 1 N–H and O–H groups in total. The number of halogens is 2. The Morgan fingerprint density at radius 1 is 1.00 bits per heavy atom. The van der Waals surface area contributed by atoms with Gasteiger partial charge in [0.25, 0.3) is 0 Å². The lowest BCUT2D eigenvalue weighted by Crippen LogP contribution is -2.52. The Morgan fingerprint density at radius 3 is 2.60 bits per heavy atom. The van der Waals surface area contributed by atoms with Gasteiger partial charge in [0, 0.05) is 48.4 Å². The molecule has 7 nitrogen and oxygen atoms in total. The topological polar surface area (TPSA) is 56.8 Å². The summed E-state index contributed by atoms with van der Waals surface area (Å²) in [6.07, 6.45) is 8.14. The number of fused-ring (bicyclic) bond motifs is 5. The summed E-state index contributed by atoms with van der Waals surface area (Å²) in [5.41, 5.74) is 3.32. The van der Waals surface area contributed by atoms with Crippen molar-refractivity contribution in [2.75, 3.05) is 49.1 Å². The monoisotopic (exact) mass is 562 g/mol. The smallest absolute Gasteiger partial charge is 0.318 e. The summed E-state index contributed by atoms with van der Waals surface area (Å²) in [5, 5.41) is 5.64. The number of anilines is 2. The number of aromatic nitrogens is 2. The SMILES string of the molecule is Fc1ccc2cccc(N3CCc4c(nc(OCC56CCCN5CCC6)nc4N4CC5CCC(C4)N5)C3)c2c1Cl. The van der Waals surface area contributed by atoms with Gasteiger partial charge in [-0.15, -0.1) is 0 Å². The molecule has 1 aromatic heterocycles. The second-order valence-corrected chi connectivity index (χ2v) is 12.8. The Bertz CT molecular complexity index is 1450. The van der Waals surface area contributed by atoms with Crippen LogP contribution in [0.5, 0.6) is 6.01 Å². The molecule has 0 amide bonds. The summed E-state index contributed by atoms with van der Waals surface area (Å²) in [4.78, 5) is 17.5. The fourth-order valence-electron chi connectivity index (χ4n) is 8.10. The van der Waals surface area contributed by atoms with Gasteiger partial charge in [-0.05, 0) is 75.6 Å². The van der Waals surface area contributed by atoms with Crippen molar-refractivity contribution in [3.05, 3.63) is 52.4 Å². The van der Waals surface area contributed by atoms with E-state index in [1.807, 2.05) is 18.2 Å². The van der Waals surface area contributed by atoms with E-state index in [9.17, 15) is 4.39 Å². The number of nitrogens with zero attached hydrogens (tertiary/aromatic N) is 5. The highest BCUT2D eigenvalue weighted by Gasteiger charge is 2.45. The molecular formula is C31H36ClFN6O.